The standard InChI is InChI=1S/C14H9NO3S3/c16-12(10-4-2-6-20-10)15-13-11(14(17)18)8(7-21-13)9-3-1-5-19-9/h1-7H,(H,15,16)(H,17,18)/p-1. The normalized spacial score (nSPS) is 10.5. The number of anilines is 1. The summed E-state index contributed by atoms with van der Waals surface area (Å²) in [7, 11) is 0. The number of thiophene rings is 3. The minimum absolute atomic E-state index is 0.0346. The average molecular weight is 334 g/mol. The summed E-state index contributed by atoms with van der Waals surface area (Å²) in [6.07, 6.45) is 0. The van der Waals surface area contributed by atoms with Gasteiger partial charge in [-0.1, -0.05) is 12.1 Å². The van der Waals surface area contributed by atoms with E-state index in [1.165, 1.54) is 34.0 Å². The van der Waals surface area contributed by atoms with Crippen molar-refractivity contribution in [1.82, 2.24) is 0 Å². The molecule has 1 N–H and O–H groups in total. The molecule has 0 bridgehead atoms. The molecule has 0 aromatic carbocycles. The van der Waals surface area contributed by atoms with Crippen LogP contribution in [-0.4, -0.2) is 11.9 Å². The molecule has 0 aliphatic carbocycles. The lowest BCUT2D eigenvalue weighted by molar-refractivity contribution is -0.254. The molecule has 0 unspecified atom stereocenters. The van der Waals surface area contributed by atoms with Crippen LogP contribution in [0.4, 0.5) is 5.00 Å². The number of carbonyl (C=O) groups is 2. The van der Waals surface area contributed by atoms with E-state index in [0.717, 1.165) is 4.88 Å². The molecular weight excluding hydrogens is 326 g/mol. The van der Waals surface area contributed by atoms with Crippen LogP contribution in [-0.2, 0) is 0 Å². The number of rotatable bonds is 4. The first-order valence-corrected chi connectivity index (χ1v) is 8.52. The number of carboxylic acid groups (broad SMARTS) is 1. The molecule has 7 heteroatoms. The third kappa shape index (κ3) is 2.76. The second-order valence-corrected chi connectivity index (χ2v) is 6.82. The van der Waals surface area contributed by atoms with Gasteiger partial charge in [-0.25, -0.2) is 0 Å². The summed E-state index contributed by atoms with van der Waals surface area (Å²) >= 11 is 3.93. The van der Waals surface area contributed by atoms with Gasteiger partial charge in [0.2, 0.25) is 0 Å². The number of amides is 1. The first kappa shape index (κ1) is 14.0. The van der Waals surface area contributed by atoms with Gasteiger partial charge in [-0.3, -0.25) is 4.79 Å². The highest BCUT2D eigenvalue weighted by molar-refractivity contribution is 7.17. The van der Waals surface area contributed by atoms with E-state index >= 15 is 0 Å². The van der Waals surface area contributed by atoms with Crippen molar-refractivity contribution in [3.8, 4) is 10.4 Å². The third-order valence-corrected chi connectivity index (χ3v) is 5.42. The summed E-state index contributed by atoms with van der Waals surface area (Å²) in [5.74, 6) is -1.60. The number of hydrogen-bond donors (Lipinski definition) is 1. The van der Waals surface area contributed by atoms with Crippen molar-refractivity contribution in [1.29, 1.82) is 0 Å². The Morgan fingerprint density at radius 3 is 2.43 bits per heavy atom. The zero-order chi connectivity index (χ0) is 14.8. The van der Waals surface area contributed by atoms with Crippen molar-refractivity contribution in [2.75, 3.05) is 5.32 Å². The van der Waals surface area contributed by atoms with E-state index in [-0.39, 0.29) is 11.5 Å². The van der Waals surface area contributed by atoms with E-state index in [1.54, 1.807) is 22.9 Å². The van der Waals surface area contributed by atoms with Crippen molar-refractivity contribution in [3.05, 3.63) is 50.8 Å². The zero-order valence-electron chi connectivity index (χ0n) is 10.5. The Bertz CT molecular complexity index is 773. The SMILES string of the molecule is O=C(Nc1scc(-c2cccs2)c1C(=O)[O-])c1cccs1. The maximum Gasteiger partial charge on any atom is 0.266 e. The second-order valence-electron chi connectivity index (χ2n) is 4.05. The fourth-order valence-electron chi connectivity index (χ4n) is 1.84. The summed E-state index contributed by atoms with van der Waals surface area (Å²) in [6, 6.07) is 7.14. The lowest BCUT2D eigenvalue weighted by Crippen LogP contribution is -2.24. The van der Waals surface area contributed by atoms with E-state index < -0.39 is 5.97 Å². The van der Waals surface area contributed by atoms with Crippen LogP contribution in [0.3, 0.4) is 0 Å². The first-order valence-electron chi connectivity index (χ1n) is 5.88. The Kier molecular flexibility index (Phi) is 3.87. The zero-order valence-corrected chi connectivity index (χ0v) is 12.9. The monoisotopic (exact) mass is 334 g/mol. The van der Waals surface area contributed by atoms with E-state index in [9.17, 15) is 14.7 Å². The minimum Gasteiger partial charge on any atom is -0.545 e. The fourth-order valence-corrected chi connectivity index (χ4v) is 4.22. The van der Waals surface area contributed by atoms with Crippen molar-refractivity contribution >= 4 is 50.9 Å². The van der Waals surface area contributed by atoms with Crippen molar-refractivity contribution in [2.45, 2.75) is 0 Å². The summed E-state index contributed by atoms with van der Waals surface area (Å²) < 4.78 is 0. The molecule has 0 saturated carbocycles. The van der Waals surface area contributed by atoms with E-state index in [2.05, 4.69) is 5.32 Å². The van der Waals surface area contributed by atoms with Crippen LogP contribution in [0.5, 0.6) is 0 Å². The molecule has 3 heterocycles. The van der Waals surface area contributed by atoms with Gasteiger partial charge in [0.1, 0.15) is 5.00 Å². The molecule has 0 atom stereocenters. The predicted octanol–water partition coefficient (Wildman–Crippen LogP) is 3.15. The van der Waals surface area contributed by atoms with Crippen molar-refractivity contribution in [2.24, 2.45) is 0 Å². The van der Waals surface area contributed by atoms with Gasteiger partial charge in [0.25, 0.3) is 5.91 Å². The molecular formula is C14H8NO3S3-. The van der Waals surface area contributed by atoms with E-state index in [0.29, 0.717) is 15.4 Å². The summed E-state index contributed by atoms with van der Waals surface area (Å²) in [6.45, 7) is 0. The molecule has 0 aliphatic heterocycles. The van der Waals surface area contributed by atoms with Gasteiger partial charge in [-0.2, -0.15) is 0 Å². The van der Waals surface area contributed by atoms with Gasteiger partial charge in [0.05, 0.1) is 10.8 Å². The first-order chi connectivity index (χ1) is 10.2. The van der Waals surface area contributed by atoms with Crippen molar-refractivity contribution in [3.63, 3.8) is 0 Å². The van der Waals surface area contributed by atoms with E-state index in [4.69, 9.17) is 0 Å². The molecule has 0 radical (unpaired) electrons. The van der Waals surface area contributed by atoms with Gasteiger partial charge in [-0.05, 0) is 22.9 Å². The smallest absolute Gasteiger partial charge is 0.266 e. The molecule has 3 aromatic heterocycles. The van der Waals surface area contributed by atoms with Crippen LogP contribution in [0.15, 0.2) is 40.4 Å². The lowest BCUT2D eigenvalue weighted by atomic mass is 10.1. The Hall–Kier alpha value is -1.96. The van der Waals surface area contributed by atoms with Gasteiger partial charge in [-0.15, -0.1) is 34.0 Å². The number of carbonyl (C=O) groups excluding carboxylic acids is 2. The van der Waals surface area contributed by atoms with Crippen LogP contribution in [0.1, 0.15) is 20.0 Å². The number of carboxylic acids is 1. The Morgan fingerprint density at radius 2 is 1.81 bits per heavy atom. The molecule has 0 fully saturated rings. The summed E-state index contributed by atoms with van der Waals surface area (Å²) in [4.78, 5) is 24.8. The molecule has 3 aromatic rings. The maximum absolute atomic E-state index is 12.0. The van der Waals surface area contributed by atoms with Crippen LogP contribution in [0, 0.1) is 0 Å². The average Bonchev–Trinajstić information content (AvgIpc) is 3.19. The molecule has 0 spiro atoms. The van der Waals surface area contributed by atoms with Crippen LogP contribution >= 0.6 is 34.0 Å². The highest BCUT2D eigenvalue weighted by atomic mass is 32.1. The molecule has 3 rings (SSSR count). The predicted molar refractivity (Wildman–Crippen MR) is 84.2 cm³/mol. The number of hydrogen-bond acceptors (Lipinski definition) is 6. The van der Waals surface area contributed by atoms with Gasteiger partial charge in [0.15, 0.2) is 0 Å². The summed E-state index contributed by atoms with van der Waals surface area (Å²) in [5, 5.41) is 19.8. The minimum atomic E-state index is -1.29. The van der Waals surface area contributed by atoms with Crippen LogP contribution < -0.4 is 10.4 Å². The van der Waals surface area contributed by atoms with Crippen LogP contribution in [0.2, 0.25) is 0 Å². The molecule has 0 aliphatic rings. The largest absolute Gasteiger partial charge is 0.545 e. The topological polar surface area (TPSA) is 69.2 Å². The molecule has 4 nitrogen and oxygen atoms in total. The maximum atomic E-state index is 12.0. The molecule has 1 amide bonds. The fraction of sp³-hybridized carbons (Fsp3) is 0. The summed E-state index contributed by atoms with van der Waals surface area (Å²) in [5.41, 5.74) is 0.615. The quantitative estimate of drug-likeness (QED) is 0.797. The molecule has 21 heavy (non-hydrogen) atoms. The highest BCUT2D eigenvalue weighted by Gasteiger charge is 2.17. The molecule has 0 saturated heterocycles. The third-order valence-electron chi connectivity index (χ3n) is 2.75. The lowest BCUT2D eigenvalue weighted by Gasteiger charge is -2.08. The molecule has 106 valence electrons. The van der Waals surface area contributed by atoms with Crippen LogP contribution in [0.25, 0.3) is 10.4 Å². The highest BCUT2D eigenvalue weighted by Crippen LogP contribution is 2.37. The number of nitrogens with one attached hydrogen (secondary N) is 1. The van der Waals surface area contributed by atoms with Gasteiger partial charge >= 0.3 is 0 Å². The number of aromatic carboxylic acids is 1. The van der Waals surface area contributed by atoms with Gasteiger partial charge < -0.3 is 15.2 Å². The Morgan fingerprint density at radius 1 is 1.05 bits per heavy atom. The Labute approximate surface area is 132 Å². The Balaban J connectivity index is 1.96. The van der Waals surface area contributed by atoms with Gasteiger partial charge in [0, 0.05) is 21.4 Å². The van der Waals surface area contributed by atoms with Crippen molar-refractivity contribution < 1.29 is 14.7 Å². The van der Waals surface area contributed by atoms with E-state index in [1.807, 2.05) is 17.5 Å². The second kappa shape index (κ2) is 5.80.